The Morgan fingerprint density at radius 1 is 1.38 bits per heavy atom. The Kier molecular flexibility index (Phi) is 5.71. The minimum Gasteiger partial charge on any atom is -0.336 e. The summed E-state index contributed by atoms with van der Waals surface area (Å²) in [4.78, 5) is 28.8. The highest BCUT2D eigenvalue weighted by Crippen LogP contribution is 2.22. The molecule has 0 unspecified atom stereocenters. The van der Waals surface area contributed by atoms with Crippen molar-refractivity contribution in [2.24, 2.45) is 4.99 Å². The molecule has 6 nitrogen and oxygen atoms in total. The minimum absolute atomic E-state index is 0.00916. The first kappa shape index (κ1) is 18.1. The molecule has 2 amide bonds. The third kappa shape index (κ3) is 3.64. The molecule has 0 saturated heterocycles. The van der Waals surface area contributed by atoms with Gasteiger partial charge in [-0.15, -0.1) is 0 Å². The minimum atomic E-state index is -0.510. The van der Waals surface area contributed by atoms with Crippen LogP contribution in [0.15, 0.2) is 28.0 Å². The maximum absolute atomic E-state index is 13.6. The first-order chi connectivity index (χ1) is 11.4. The molecule has 130 valence electrons. The molecule has 1 aromatic carbocycles. The third-order valence-corrected chi connectivity index (χ3v) is 4.52. The molecule has 0 fully saturated rings. The fourth-order valence-corrected chi connectivity index (χ4v) is 3.18. The smallest absolute Gasteiger partial charge is 0.336 e. The molecule has 1 heterocycles. The van der Waals surface area contributed by atoms with Gasteiger partial charge < -0.3 is 5.32 Å². The van der Waals surface area contributed by atoms with Crippen molar-refractivity contribution in [3.8, 4) is 5.69 Å². The van der Waals surface area contributed by atoms with Gasteiger partial charge in [-0.25, -0.2) is 22.5 Å². The Bertz CT molecular complexity index is 864. The number of carbonyl (C=O) groups excluding carboxylic acids is 1. The highest BCUT2D eigenvalue weighted by atomic mass is 32.1. The van der Waals surface area contributed by atoms with E-state index in [9.17, 15) is 14.0 Å². The second-order valence-corrected chi connectivity index (χ2v) is 6.48. The number of aromatic nitrogens is 2. The molecule has 2 rings (SSSR count). The van der Waals surface area contributed by atoms with E-state index < -0.39 is 6.03 Å². The largest absolute Gasteiger partial charge is 0.344 e. The Balaban J connectivity index is 2.77. The lowest BCUT2D eigenvalue weighted by atomic mass is 10.0. The van der Waals surface area contributed by atoms with Crippen LogP contribution in [0.2, 0.25) is 0 Å². The van der Waals surface area contributed by atoms with Gasteiger partial charge in [0.05, 0.1) is 5.69 Å². The number of hydrogen-bond donors (Lipinski definition) is 1. The van der Waals surface area contributed by atoms with Crippen LogP contribution in [0.5, 0.6) is 0 Å². The maximum Gasteiger partial charge on any atom is 0.344 e. The summed E-state index contributed by atoms with van der Waals surface area (Å²) in [7, 11) is 0. The molecular weight excluding hydrogens is 331 g/mol. The molecule has 0 aliphatic heterocycles. The van der Waals surface area contributed by atoms with E-state index in [1.165, 1.54) is 20.7 Å². The molecule has 1 aromatic heterocycles. The Morgan fingerprint density at radius 3 is 2.67 bits per heavy atom. The average molecular weight is 352 g/mol. The van der Waals surface area contributed by atoms with Crippen molar-refractivity contribution in [1.82, 2.24) is 13.8 Å². The van der Waals surface area contributed by atoms with E-state index in [0.717, 1.165) is 11.5 Å². The first-order valence-corrected chi connectivity index (χ1v) is 8.61. The van der Waals surface area contributed by atoms with E-state index in [1.54, 1.807) is 13.0 Å². The number of halogens is 1. The van der Waals surface area contributed by atoms with Crippen molar-refractivity contribution in [3.63, 3.8) is 0 Å². The summed E-state index contributed by atoms with van der Waals surface area (Å²) in [5, 5.41) is 2.58. The van der Waals surface area contributed by atoms with Crippen molar-refractivity contribution in [2.75, 3.05) is 6.54 Å². The van der Waals surface area contributed by atoms with Crippen molar-refractivity contribution < 1.29 is 9.18 Å². The number of nitrogens with zero attached hydrogens (tertiary/aromatic N) is 3. The van der Waals surface area contributed by atoms with Gasteiger partial charge in [0.25, 0.3) is 0 Å². The van der Waals surface area contributed by atoms with Gasteiger partial charge in [0.1, 0.15) is 5.82 Å². The fourth-order valence-electron chi connectivity index (χ4n) is 2.32. The number of nitrogens with one attached hydrogen (secondary N) is 1. The predicted molar refractivity (Wildman–Crippen MR) is 92.3 cm³/mol. The summed E-state index contributed by atoms with van der Waals surface area (Å²) >= 11 is 1.11. The van der Waals surface area contributed by atoms with Crippen molar-refractivity contribution in [1.29, 1.82) is 0 Å². The lowest BCUT2D eigenvalue weighted by molar-refractivity contribution is 0.249. The SMILES string of the molecule is CCNC(=O)N=c1sn(CC)c(=O)n1-c1ccc(F)cc1C(C)C. The van der Waals surface area contributed by atoms with Crippen LogP contribution in [0.3, 0.4) is 0 Å². The van der Waals surface area contributed by atoms with Crippen LogP contribution in [-0.2, 0) is 6.54 Å². The molecule has 0 radical (unpaired) electrons. The topological polar surface area (TPSA) is 68.4 Å². The van der Waals surface area contributed by atoms with Gasteiger partial charge >= 0.3 is 11.7 Å². The van der Waals surface area contributed by atoms with Gasteiger partial charge in [0, 0.05) is 13.1 Å². The fraction of sp³-hybridized carbons (Fsp3) is 0.438. The Labute approximate surface area is 143 Å². The van der Waals surface area contributed by atoms with Crippen LogP contribution < -0.4 is 15.8 Å². The molecule has 0 aliphatic rings. The number of rotatable bonds is 4. The summed E-state index contributed by atoms with van der Waals surface area (Å²) in [6.45, 7) is 8.38. The van der Waals surface area contributed by atoms with E-state index in [2.05, 4.69) is 10.3 Å². The highest BCUT2D eigenvalue weighted by Gasteiger charge is 2.16. The lowest BCUT2D eigenvalue weighted by Gasteiger charge is -2.12. The molecule has 0 aliphatic carbocycles. The Morgan fingerprint density at radius 2 is 2.08 bits per heavy atom. The van der Waals surface area contributed by atoms with Crippen molar-refractivity contribution >= 4 is 17.6 Å². The van der Waals surface area contributed by atoms with Crippen LogP contribution >= 0.6 is 11.5 Å². The molecule has 0 atom stereocenters. The summed E-state index contributed by atoms with van der Waals surface area (Å²) in [6, 6.07) is 3.76. The summed E-state index contributed by atoms with van der Waals surface area (Å²) in [5.74, 6) is -0.355. The van der Waals surface area contributed by atoms with Gasteiger partial charge in [-0.2, -0.15) is 4.99 Å². The standard InChI is InChI=1S/C16H21FN4O2S/c1-5-18-14(22)19-15-21(16(23)20(6-2)24-15)13-8-7-11(17)9-12(13)10(3)4/h7-10H,5-6H2,1-4H3,(H,18,22). The molecule has 24 heavy (non-hydrogen) atoms. The van der Waals surface area contributed by atoms with Crippen LogP contribution in [-0.4, -0.2) is 21.1 Å². The maximum atomic E-state index is 13.6. The zero-order valence-electron chi connectivity index (χ0n) is 14.2. The number of amides is 2. The van der Waals surface area contributed by atoms with E-state index in [4.69, 9.17) is 0 Å². The molecule has 0 saturated carbocycles. The first-order valence-electron chi connectivity index (χ1n) is 7.84. The summed E-state index contributed by atoms with van der Waals surface area (Å²) < 4.78 is 16.5. The molecule has 2 aromatic rings. The van der Waals surface area contributed by atoms with Gasteiger partial charge in [-0.1, -0.05) is 13.8 Å². The number of aryl methyl sites for hydroxylation is 1. The van der Waals surface area contributed by atoms with Crippen LogP contribution in [0.1, 0.15) is 39.2 Å². The number of hydrogen-bond acceptors (Lipinski definition) is 3. The average Bonchev–Trinajstić information content (AvgIpc) is 2.83. The van der Waals surface area contributed by atoms with E-state index in [0.29, 0.717) is 24.3 Å². The van der Waals surface area contributed by atoms with Gasteiger partial charge in [0.15, 0.2) is 0 Å². The quantitative estimate of drug-likeness (QED) is 0.919. The zero-order valence-corrected chi connectivity index (χ0v) is 15.0. The predicted octanol–water partition coefficient (Wildman–Crippen LogP) is 2.61. The summed E-state index contributed by atoms with van der Waals surface area (Å²) in [6.07, 6.45) is 0. The normalized spacial score (nSPS) is 12.0. The molecule has 0 bridgehead atoms. The van der Waals surface area contributed by atoms with E-state index in [1.807, 2.05) is 20.8 Å². The van der Waals surface area contributed by atoms with Gasteiger partial charge in [-0.05, 0) is 55.1 Å². The van der Waals surface area contributed by atoms with Gasteiger partial charge in [-0.3, -0.25) is 0 Å². The Hall–Kier alpha value is -2.22. The van der Waals surface area contributed by atoms with E-state index >= 15 is 0 Å². The van der Waals surface area contributed by atoms with Crippen LogP contribution in [0.4, 0.5) is 9.18 Å². The van der Waals surface area contributed by atoms with Gasteiger partial charge in [0.2, 0.25) is 4.80 Å². The van der Waals surface area contributed by atoms with E-state index in [-0.39, 0.29) is 22.2 Å². The third-order valence-electron chi connectivity index (χ3n) is 3.45. The summed E-state index contributed by atoms with van der Waals surface area (Å²) in [5.41, 5.74) is 0.937. The van der Waals surface area contributed by atoms with Crippen molar-refractivity contribution in [3.05, 3.63) is 44.9 Å². The van der Waals surface area contributed by atoms with Crippen LogP contribution in [0.25, 0.3) is 5.69 Å². The van der Waals surface area contributed by atoms with Crippen molar-refractivity contribution in [2.45, 2.75) is 40.2 Å². The number of carbonyl (C=O) groups is 1. The number of urea groups is 1. The molecular formula is C16H21FN4O2S. The zero-order chi connectivity index (χ0) is 17.9. The molecule has 8 heteroatoms. The number of benzene rings is 1. The highest BCUT2D eigenvalue weighted by molar-refractivity contribution is 7.03. The molecule has 1 N–H and O–H groups in total. The second-order valence-electron chi connectivity index (χ2n) is 5.49. The monoisotopic (exact) mass is 352 g/mol. The van der Waals surface area contributed by atoms with Crippen LogP contribution in [0, 0.1) is 5.82 Å². The lowest BCUT2D eigenvalue weighted by Crippen LogP contribution is -2.30. The second kappa shape index (κ2) is 7.57. The molecule has 0 spiro atoms.